The van der Waals surface area contributed by atoms with Gasteiger partial charge in [-0.05, 0) is 24.1 Å². The number of pyridine rings is 1. The number of carboxylic acids is 1. The molecule has 0 saturated carbocycles. The monoisotopic (exact) mass is 245 g/mol. The zero-order valence-electron chi connectivity index (χ0n) is 9.80. The Morgan fingerprint density at radius 3 is 2.28 bits per heavy atom. The van der Waals surface area contributed by atoms with Crippen LogP contribution in [0.2, 0.25) is 0 Å². The van der Waals surface area contributed by atoms with E-state index in [1.54, 1.807) is 12.1 Å². The molecule has 92 valence electrons. The topological polar surface area (TPSA) is 50.2 Å². The van der Waals surface area contributed by atoms with E-state index in [4.69, 9.17) is 0 Å². The fourth-order valence-corrected chi connectivity index (χ4v) is 1.79. The van der Waals surface area contributed by atoms with E-state index in [1.165, 1.54) is 18.3 Å². The smallest absolute Gasteiger partial charge is 0.315 e. The molecule has 0 saturated heterocycles. The molecular formula is C14H12FNO2. The number of halogens is 1. The first-order valence-corrected chi connectivity index (χ1v) is 5.49. The van der Waals surface area contributed by atoms with Gasteiger partial charge in [0.05, 0.1) is 0 Å². The predicted molar refractivity (Wildman–Crippen MR) is 64.9 cm³/mol. The Labute approximate surface area is 104 Å². The molecule has 18 heavy (non-hydrogen) atoms. The van der Waals surface area contributed by atoms with E-state index in [2.05, 4.69) is 4.98 Å². The third-order valence-electron chi connectivity index (χ3n) is 2.74. The Bertz CT molecular complexity index is 504. The standard InChI is InChI=1S/C14H12FNO2/c1-9-2-4-10(5-3-9)13(14(17)18)11-6-7-12(15)16-8-11/h2-8,13H,1H3,(H,17,18). The van der Waals surface area contributed by atoms with Crippen LogP contribution in [0.15, 0.2) is 42.6 Å². The van der Waals surface area contributed by atoms with Crippen LogP contribution >= 0.6 is 0 Å². The summed E-state index contributed by atoms with van der Waals surface area (Å²) in [5.74, 6) is -2.42. The molecule has 0 aliphatic rings. The molecule has 1 N–H and O–H groups in total. The second-order valence-corrected chi connectivity index (χ2v) is 4.10. The van der Waals surface area contributed by atoms with Gasteiger partial charge in [0.1, 0.15) is 5.92 Å². The fourth-order valence-electron chi connectivity index (χ4n) is 1.79. The first-order chi connectivity index (χ1) is 8.58. The van der Waals surface area contributed by atoms with Crippen molar-refractivity contribution in [1.29, 1.82) is 0 Å². The Morgan fingerprint density at radius 1 is 1.17 bits per heavy atom. The second-order valence-electron chi connectivity index (χ2n) is 4.10. The van der Waals surface area contributed by atoms with Crippen LogP contribution in [-0.4, -0.2) is 16.1 Å². The number of aryl methyl sites for hydroxylation is 1. The number of hydrogen-bond acceptors (Lipinski definition) is 2. The van der Waals surface area contributed by atoms with E-state index in [0.29, 0.717) is 11.1 Å². The molecular weight excluding hydrogens is 233 g/mol. The van der Waals surface area contributed by atoms with Gasteiger partial charge in [-0.1, -0.05) is 35.9 Å². The molecule has 0 aliphatic carbocycles. The maximum atomic E-state index is 12.7. The maximum Gasteiger partial charge on any atom is 0.315 e. The zero-order valence-corrected chi connectivity index (χ0v) is 9.80. The largest absolute Gasteiger partial charge is 0.481 e. The Balaban J connectivity index is 2.43. The van der Waals surface area contributed by atoms with Gasteiger partial charge in [-0.3, -0.25) is 4.79 Å². The molecule has 1 atom stereocenters. The van der Waals surface area contributed by atoms with Crippen molar-refractivity contribution in [3.63, 3.8) is 0 Å². The van der Waals surface area contributed by atoms with Crippen LogP contribution in [0.5, 0.6) is 0 Å². The van der Waals surface area contributed by atoms with E-state index >= 15 is 0 Å². The molecule has 3 nitrogen and oxygen atoms in total. The van der Waals surface area contributed by atoms with E-state index in [1.807, 2.05) is 19.1 Å². The minimum absolute atomic E-state index is 0.466. The van der Waals surface area contributed by atoms with Crippen LogP contribution in [0.1, 0.15) is 22.6 Å². The third kappa shape index (κ3) is 2.53. The van der Waals surface area contributed by atoms with Crippen molar-refractivity contribution >= 4 is 5.97 Å². The Morgan fingerprint density at radius 2 is 1.78 bits per heavy atom. The summed E-state index contributed by atoms with van der Waals surface area (Å²) >= 11 is 0. The van der Waals surface area contributed by atoms with Crippen molar-refractivity contribution in [3.8, 4) is 0 Å². The average Bonchev–Trinajstić information content (AvgIpc) is 2.34. The highest BCUT2D eigenvalue weighted by molar-refractivity contribution is 5.80. The molecule has 0 radical (unpaired) electrons. The van der Waals surface area contributed by atoms with Crippen molar-refractivity contribution in [1.82, 2.24) is 4.98 Å². The van der Waals surface area contributed by atoms with E-state index in [0.717, 1.165) is 5.56 Å². The lowest BCUT2D eigenvalue weighted by atomic mass is 9.92. The Kier molecular flexibility index (Phi) is 3.37. The van der Waals surface area contributed by atoms with Crippen LogP contribution < -0.4 is 0 Å². The normalized spacial score (nSPS) is 12.1. The van der Waals surface area contributed by atoms with Gasteiger partial charge in [-0.25, -0.2) is 4.98 Å². The van der Waals surface area contributed by atoms with Crippen molar-refractivity contribution < 1.29 is 14.3 Å². The molecule has 4 heteroatoms. The van der Waals surface area contributed by atoms with Gasteiger partial charge in [0.25, 0.3) is 0 Å². The van der Waals surface area contributed by atoms with Crippen LogP contribution in [0, 0.1) is 12.9 Å². The molecule has 0 bridgehead atoms. The second kappa shape index (κ2) is 4.96. The van der Waals surface area contributed by atoms with Crippen LogP contribution in [0.25, 0.3) is 0 Å². The summed E-state index contributed by atoms with van der Waals surface area (Å²) in [7, 11) is 0. The van der Waals surface area contributed by atoms with Crippen molar-refractivity contribution in [2.75, 3.05) is 0 Å². The van der Waals surface area contributed by atoms with Crippen molar-refractivity contribution in [3.05, 3.63) is 65.2 Å². The summed E-state index contributed by atoms with van der Waals surface area (Å²) in [4.78, 5) is 14.8. The van der Waals surface area contributed by atoms with Gasteiger partial charge in [-0.15, -0.1) is 0 Å². The lowest BCUT2D eigenvalue weighted by Crippen LogP contribution is -2.13. The maximum absolute atomic E-state index is 12.7. The summed E-state index contributed by atoms with van der Waals surface area (Å²) in [6.45, 7) is 1.93. The number of rotatable bonds is 3. The highest BCUT2D eigenvalue weighted by Gasteiger charge is 2.22. The minimum Gasteiger partial charge on any atom is -0.481 e. The molecule has 1 unspecified atom stereocenters. The van der Waals surface area contributed by atoms with Crippen molar-refractivity contribution in [2.24, 2.45) is 0 Å². The zero-order chi connectivity index (χ0) is 13.1. The number of carboxylic acid groups (broad SMARTS) is 1. The van der Waals surface area contributed by atoms with Gasteiger partial charge in [0, 0.05) is 6.20 Å². The van der Waals surface area contributed by atoms with Gasteiger partial charge in [0.2, 0.25) is 5.95 Å². The summed E-state index contributed by atoms with van der Waals surface area (Å²) < 4.78 is 12.7. The summed E-state index contributed by atoms with van der Waals surface area (Å²) in [5, 5.41) is 9.30. The third-order valence-corrected chi connectivity index (χ3v) is 2.74. The average molecular weight is 245 g/mol. The number of benzene rings is 1. The minimum atomic E-state index is -0.979. The van der Waals surface area contributed by atoms with Crippen LogP contribution in [0.3, 0.4) is 0 Å². The summed E-state index contributed by atoms with van der Waals surface area (Å²) in [6, 6.07) is 9.83. The summed E-state index contributed by atoms with van der Waals surface area (Å²) in [6.07, 6.45) is 1.26. The molecule has 1 aromatic heterocycles. The molecule has 0 aliphatic heterocycles. The number of aromatic nitrogens is 1. The van der Waals surface area contributed by atoms with Gasteiger partial charge in [-0.2, -0.15) is 4.39 Å². The predicted octanol–water partition coefficient (Wildman–Crippen LogP) is 2.75. The first-order valence-electron chi connectivity index (χ1n) is 5.49. The highest BCUT2D eigenvalue weighted by Crippen LogP contribution is 2.24. The number of aliphatic carboxylic acids is 1. The Hall–Kier alpha value is -2.23. The molecule has 1 aromatic carbocycles. The first kappa shape index (κ1) is 12.2. The lowest BCUT2D eigenvalue weighted by Gasteiger charge is -2.13. The number of carbonyl (C=O) groups is 1. The van der Waals surface area contributed by atoms with Crippen LogP contribution in [0.4, 0.5) is 4.39 Å². The molecule has 1 heterocycles. The fraction of sp³-hybridized carbons (Fsp3) is 0.143. The van der Waals surface area contributed by atoms with Crippen LogP contribution in [-0.2, 0) is 4.79 Å². The molecule has 0 spiro atoms. The molecule has 0 amide bonds. The SMILES string of the molecule is Cc1ccc(C(C(=O)O)c2ccc(F)nc2)cc1. The summed E-state index contributed by atoms with van der Waals surface area (Å²) in [5.41, 5.74) is 2.18. The van der Waals surface area contributed by atoms with Crippen molar-refractivity contribution in [2.45, 2.75) is 12.8 Å². The molecule has 0 fully saturated rings. The molecule has 2 rings (SSSR count). The number of hydrogen-bond donors (Lipinski definition) is 1. The van der Waals surface area contributed by atoms with Gasteiger partial charge < -0.3 is 5.11 Å². The van der Waals surface area contributed by atoms with Gasteiger partial charge in [0.15, 0.2) is 0 Å². The molecule has 2 aromatic rings. The van der Waals surface area contributed by atoms with E-state index in [9.17, 15) is 14.3 Å². The lowest BCUT2D eigenvalue weighted by molar-refractivity contribution is -0.137. The van der Waals surface area contributed by atoms with E-state index in [-0.39, 0.29) is 0 Å². The van der Waals surface area contributed by atoms with E-state index < -0.39 is 17.8 Å². The van der Waals surface area contributed by atoms with Gasteiger partial charge >= 0.3 is 5.97 Å². The highest BCUT2D eigenvalue weighted by atomic mass is 19.1. The number of nitrogens with zero attached hydrogens (tertiary/aromatic N) is 1. The quantitative estimate of drug-likeness (QED) is 0.846.